The summed E-state index contributed by atoms with van der Waals surface area (Å²) in [6, 6.07) is 8.59. The molecule has 0 bridgehead atoms. The van der Waals surface area contributed by atoms with E-state index in [1.54, 1.807) is 24.3 Å². The lowest BCUT2D eigenvalue weighted by molar-refractivity contribution is -0.118. The first-order valence-electron chi connectivity index (χ1n) is 10.6. The second kappa shape index (κ2) is 12.2. The van der Waals surface area contributed by atoms with Gasteiger partial charge in [0.05, 0.1) is 17.3 Å². The van der Waals surface area contributed by atoms with E-state index in [4.69, 9.17) is 14.6 Å². The molecule has 8 nitrogen and oxygen atoms in total. The van der Waals surface area contributed by atoms with Gasteiger partial charge in [-0.2, -0.15) is 0 Å². The predicted molar refractivity (Wildman–Crippen MR) is 131 cm³/mol. The van der Waals surface area contributed by atoms with Gasteiger partial charge < -0.3 is 30.3 Å². The smallest absolute Gasteiger partial charge is 0.247 e. The number of aliphatic hydroxyl groups excluding tert-OH is 2. The summed E-state index contributed by atoms with van der Waals surface area (Å²) in [6.07, 6.45) is 0.539. The van der Waals surface area contributed by atoms with Crippen molar-refractivity contribution in [2.45, 2.75) is 31.2 Å². The normalized spacial score (nSPS) is 19.8. The van der Waals surface area contributed by atoms with Crippen LogP contribution in [0.4, 0.5) is 4.39 Å². The number of benzene rings is 2. The highest BCUT2D eigenvalue weighted by atomic mass is 127. The third-order valence-corrected chi connectivity index (χ3v) is 6.17. The van der Waals surface area contributed by atoms with Gasteiger partial charge in [-0.25, -0.2) is 4.39 Å². The van der Waals surface area contributed by atoms with E-state index in [9.17, 15) is 19.1 Å². The second-order valence-electron chi connectivity index (χ2n) is 7.71. The van der Waals surface area contributed by atoms with E-state index in [0.717, 1.165) is 5.56 Å². The fraction of sp³-hybridized carbons (Fsp3) is 0.333. The van der Waals surface area contributed by atoms with E-state index in [0.29, 0.717) is 39.0 Å². The van der Waals surface area contributed by atoms with Crippen LogP contribution < -0.4 is 20.1 Å². The number of rotatable bonds is 10. The Hall–Kier alpha value is -2.54. The van der Waals surface area contributed by atoms with Crippen LogP contribution in [0, 0.1) is 9.39 Å². The van der Waals surface area contributed by atoms with Crippen molar-refractivity contribution in [3.8, 4) is 11.5 Å². The Morgan fingerprint density at radius 2 is 2.03 bits per heavy atom. The fourth-order valence-corrected chi connectivity index (χ4v) is 4.36. The van der Waals surface area contributed by atoms with Gasteiger partial charge in [-0.1, -0.05) is 12.1 Å². The predicted octanol–water partition coefficient (Wildman–Crippen LogP) is 1.96. The van der Waals surface area contributed by atoms with Crippen molar-refractivity contribution in [3.05, 3.63) is 68.6 Å². The van der Waals surface area contributed by atoms with Crippen LogP contribution in [0.1, 0.15) is 22.3 Å². The number of carbonyl (C=O) groups excluding carboxylic acids is 2. The van der Waals surface area contributed by atoms with Crippen LogP contribution in [0.2, 0.25) is 0 Å². The first kappa shape index (κ1) is 26.1. The molecule has 3 atom stereocenters. The van der Waals surface area contributed by atoms with Gasteiger partial charge in [-0.05, 0) is 64.9 Å². The average molecular weight is 584 g/mol. The number of methoxy groups -OCH3 is 1. The molecule has 182 valence electrons. The molecule has 0 spiro atoms. The molecule has 0 saturated heterocycles. The van der Waals surface area contributed by atoms with Crippen LogP contribution in [0.5, 0.6) is 11.5 Å². The van der Waals surface area contributed by atoms with E-state index < -0.39 is 18.2 Å². The number of ether oxygens (including phenoxy) is 2. The van der Waals surface area contributed by atoms with Crippen LogP contribution in [0.3, 0.4) is 0 Å². The number of aliphatic hydroxyl groups is 2. The number of carbonyl (C=O) groups is 2. The summed E-state index contributed by atoms with van der Waals surface area (Å²) in [5, 5.41) is 26.0. The summed E-state index contributed by atoms with van der Waals surface area (Å²) in [7, 11) is 1.45. The van der Waals surface area contributed by atoms with Gasteiger partial charge in [-0.15, -0.1) is 0 Å². The van der Waals surface area contributed by atoms with Crippen molar-refractivity contribution in [1.29, 1.82) is 0 Å². The molecule has 2 aromatic rings. The molecule has 1 amide bonds. The summed E-state index contributed by atoms with van der Waals surface area (Å²) in [6.45, 7) is 0.234. The zero-order valence-electron chi connectivity index (χ0n) is 18.5. The third kappa shape index (κ3) is 6.53. The average Bonchev–Trinajstić information content (AvgIpc) is 2.84. The first-order chi connectivity index (χ1) is 16.4. The molecule has 34 heavy (non-hydrogen) atoms. The maximum absolute atomic E-state index is 13.2. The minimum atomic E-state index is -1.03. The third-order valence-electron chi connectivity index (χ3n) is 5.37. The monoisotopic (exact) mass is 584 g/mol. The Morgan fingerprint density at radius 3 is 2.68 bits per heavy atom. The summed E-state index contributed by atoms with van der Waals surface area (Å²) in [4.78, 5) is 23.8. The molecule has 0 fully saturated rings. The molecule has 1 aliphatic carbocycles. The maximum Gasteiger partial charge on any atom is 0.247 e. The lowest BCUT2D eigenvalue weighted by Gasteiger charge is -2.34. The minimum Gasteiger partial charge on any atom is -0.493 e. The SMILES string of the molecule is COc1cc(C=O)cc(I)c1O[C@H]1C=C(C(=O)NCCO)C[C@@H](NCc2ccc(F)cc2)[C@@H]1O. The Bertz CT molecular complexity index is 1050. The summed E-state index contributed by atoms with van der Waals surface area (Å²) in [5.41, 5.74) is 1.61. The molecule has 0 radical (unpaired) electrons. The highest BCUT2D eigenvalue weighted by molar-refractivity contribution is 14.1. The van der Waals surface area contributed by atoms with Gasteiger partial charge in [-0.3, -0.25) is 9.59 Å². The van der Waals surface area contributed by atoms with Crippen molar-refractivity contribution < 1.29 is 33.7 Å². The molecule has 1 aliphatic rings. The Kier molecular flexibility index (Phi) is 9.39. The van der Waals surface area contributed by atoms with Gasteiger partial charge in [0.1, 0.15) is 24.3 Å². The largest absolute Gasteiger partial charge is 0.493 e. The number of hydrogen-bond acceptors (Lipinski definition) is 7. The van der Waals surface area contributed by atoms with Crippen molar-refractivity contribution in [3.63, 3.8) is 0 Å². The quantitative estimate of drug-likeness (QED) is 0.249. The molecule has 4 N–H and O–H groups in total. The molecule has 0 unspecified atom stereocenters. The van der Waals surface area contributed by atoms with Crippen LogP contribution in [-0.2, 0) is 11.3 Å². The van der Waals surface area contributed by atoms with E-state index in [1.165, 1.54) is 25.3 Å². The number of aldehydes is 1. The van der Waals surface area contributed by atoms with Crippen molar-refractivity contribution >= 4 is 34.8 Å². The standard InChI is InChI=1S/C24H26FIN2O6/c1-33-21-9-15(13-30)8-18(26)23(21)34-20-11-16(24(32)27-6-7-29)10-19(22(20)31)28-12-14-2-4-17(25)5-3-14/h2-5,8-9,11,13,19-20,22,28-29,31H,6-7,10,12H2,1H3,(H,27,32)/t19-,20+,22+/m1/s1. The molecule has 3 rings (SSSR count). The minimum absolute atomic E-state index is 0.0941. The number of halogens is 2. The van der Waals surface area contributed by atoms with E-state index in [-0.39, 0.29) is 31.3 Å². The molecule has 0 aliphatic heterocycles. The van der Waals surface area contributed by atoms with Crippen LogP contribution in [0.15, 0.2) is 48.0 Å². The summed E-state index contributed by atoms with van der Waals surface area (Å²) < 4.78 is 25.3. The molecule has 0 heterocycles. The molecule has 0 aromatic heterocycles. The highest BCUT2D eigenvalue weighted by Gasteiger charge is 2.36. The lowest BCUT2D eigenvalue weighted by atomic mass is 9.89. The van der Waals surface area contributed by atoms with Gasteiger partial charge in [0, 0.05) is 30.3 Å². The zero-order chi connectivity index (χ0) is 24.7. The molecular weight excluding hydrogens is 558 g/mol. The Balaban J connectivity index is 1.86. The summed E-state index contributed by atoms with van der Waals surface area (Å²) in [5.74, 6) is -0.0588. The Morgan fingerprint density at radius 1 is 1.29 bits per heavy atom. The zero-order valence-corrected chi connectivity index (χ0v) is 20.6. The van der Waals surface area contributed by atoms with E-state index in [1.807, 2.05) is 22.6 Å². The molecule has 10 heteroatoms. The van der Waals surface area contributed by atoms with Gasteiger partial charge in [0.25, 0.3) is 0 Å². The molecule has 0 saturated carbocycles. The highest BCUT2D eigenvalue weighted by Crippen LogP contribution is 2.36. The van der Waals surface area contributed by atoms with Crippen molar-refractivity contribution in [2.75, 3.05) is 20.3 Å². The van der Waals surface area contributed by atoms with Crippen molar-refractivity contribution in [1.82, 2.24) is 10.6 Å². The van der Waals surface area contributed by atoms with E-state index >= 15 is 0 Å². The van der Waals surface area contributed by atoms with E-state index in [2.05, 4.69) is 10.6 Å². The van der Waals surface area contributed by atoms with Crippen LogP contribution in [0.25, 0.3) is 0 Å². The maximum atomic E-state index is 13.2. The fourth-order valence-electron chi connectivity index (χ4n) is 3.61. The molecular formula is C24H26FIN2O6. The lowest BCUT2D eigenvalue weighted by Crippen LogP contribution is -2.51. The van der Waals surface area contributed by atoms with Gasteiger partial charge in [0.2, 0.25) is 5.91 Å². The first-order valence-corrected chi connectivity index (χ1v) is 11.7. The number of nitrogens with one attached hydrogen (secondary N) is 2. The number of hydrogen-bond donors (Lipinski definition) is 4. The Labute approximate surface area is 210 Å². The van der Waals surface area contributed by atoms with Crippen LogP contribution >= 0.6 is 22.6 Å². The molecule has 2 aromatic carbocycles. The van der Waals surface area contributed by atoms with Gasteiger partial charge >= 0.3 is 0 Å². The van der Waals surface area contributed by atoms with Crippen LogP contribution in [-0.4, -0.2) is 60.9 Å². The topological polar surface area (TPSA) is 117 Å². The number of amides is 1. The van der Waals surface area contributed by atoms with Crippen molar-refractivity contribution in [2.24, 2.45) is 0 Å². The summed E-state index contributed by atoms with van der Waals surface area (Å²) >= 11 is 2.01. The van der Waals surface area contributed by atoms with Gasteiger partial charge in [0.15, 0.2) is 11.5 Å². The second-order valence-corrected chi connectivity index (χ2v) is 8.88.